The number of rotatable bonds is 9. The number of sulfonamides is 1. The van der Waals surface area contributed by atoms with E-state index in [1.54, 1.807) is 0 Å². The van der Waals surface area contributed by atoms with Crippen LogP contribution in [0.15, 0.2) is 53.4 Å². The smallest absolute Gasteiger partial charge is 0.340 e. The topological polar surface area (TPSA) is 102 Å². The highest BCUT2D eigenvalue weighted by atomic mass is 35.5. The van der Waals surface area contributed by atoms with E-state index < -0.39 is 28.5 Å². The monoisotopic (exact) mass is 480 g/mol. The van der Waals surface area contributed by atoms with E-state index in [9.17, 15) is 18.0 Å². The molecule has 1 aliphatic rings. The van der Waals surface area contributed by atoms with Gasteiger partial charge in [-0.05, 0) is 36.6 Å². The van der Waals surface area contributed by atoms with Crippen LogP contribution in [-0.2, 0) is 30.8 Å². The van der Waals surface area contributed by atoms with Gasteiger partial charge < -0.3 is 14.8 Å². The molecule has 1 atom stereocenters. The van der Waals surface area contributed by atoms with Gasteiger partial charge in [0.1, 0.15) is 0 Å². The SMILES string of the molecule is CN(Cc1ccccc1)S(=O)(=O)c1ccc(Cl)c(C(=O)OCC(=O)NCC2CCCO2)c1. The van der Waals surface area contributed by atoms with Crippen molar-refractivity contribution in [2.24, 2.45) is 0 Å². The van der Waals surface area contributed by atoms with Gasteiger partial charge in [-0.25, -0.2) is 13.2 Å². The maximum absolute atomic E-state index is 13.0. The van der Waals surface area contributed by atoms with Gasteiger partial charge in [-0.1, -0.05) is 41.9 Å². The Morgan fingerprint density at radius 1 is 1.22 bits per heavy atom. The van der Waals surface area contributed by atoms with Crippen LogP contribution >= 0.6 is 11.6 Å². The Hall–Kier alpha value is -2.46. The molecule has 0 aliphatic carbocycles. The molecule has 10 heteroatoms. The van der Waals surface area contributed by atoms with Gasteiger partial charge in [-0.3, -0.25) is 4.79 Å². The number of ether oxygens (including phenoxy) is 2. The molecule has 2 aromatic carbocycles. The van der Waals surface area contributed by atoms with Crippen LogP contribution in [0.2, 0.25) is 5.02 Å². The molecule has 1 amide bonds. The van der Waals surface area contributed by atoms with Crippen LogP contribution in [0, 0.1) is 0 Å². The van der Waals surface area contributed by atoms with Crippen molar-refractivity contribution in [3.8, 4) is 0 Å². The minimum Gasteiger partial charge on any atom is -0.452 e. The van der Waals surface area contributed by atoms with Crippen LogP contribution in [0.1, 0.15) is 28.8 Å². The molecule has 172 valence electrons. The van der Waals surface area contributed by atoms with Crippen molar-refractivity contribution in [2.75, 3.05) is 26.8 Å². The Bertz CT molecular complexity index is 1060. The highest BCUT2D eigenvalue weighted by molar-refractivity contribution is 7.89. The average Bonchev–Trinajstić information content (AvgIpc) is 3.30. The van der Waals surface area contributed by atoms with E-state index in [-0.39, 0.29) is 28.1 Å². The summed E-state index contributed by atoms with van der Waals surface area (Å²) in [5.74, 6) is -1.36. The normalized spacial score (nSPS) is 16.2. The summed E-state index contributed by atoms with van der Waals surface area (Å²) in [6.07, 6.45) is 1.79. The Balaban J connectivity index is 1.63. The van der Waals surface area contributed by atoms with Crippen molar-refractivity contribution < 1.29 is 27.5 Å². The standard InChI is InChI=1S/C22H25ClN2O6S/c1-25(14-16-6-3-2-4-7-16)32(28,29)18-9-10-20(23)19(12-18)22(27)31-15-21(26)24-13-17-8-5-11-30-17/h2-4,6-7,9-10,12,17H,5,8,11,13-15H2,1H3,(H,24,26). The van der Waals surface area contributed by atoms with Gasteiger partial charge in [-0.2, -0.15) is 4.31 Å². The quantitative estimate of drug-likeness (QED) is 0.553. The Labute approximate surface area is 192 Å². The minimum atomic E-state index is -3.89. The maximum Gasteiger partial charge on any atom is 0.340 e. The number of nitrogens with one attached hydrogen (secondary N) is 1. The van der Waals surface area contributed by atoms with Crippen LogP contribution in [-0.4, -0.2) is 57.5 Å². The van der Waals surface area contributed by atoms with Crippen LogP contribution in [0.3, 0.4) is 0 Å². The zero-order valence-corrected chi connectivity index (χ0v) is 19.2. The first-order chi connectivity index (χ1) is 15.3. The summed E-state index contributed by atoms with van der Waals surface area (Å²) in [6, 6.07) is 12.9. The molecule has 1 unspecified atom stereocenters. The van der Waals surface area contributed by atoms with Crippen LogP contribution in [0.4, 0.5) is 0 Å². The molecular formula is C22H25ClN2O6S. The number of carbonyl (C=O) groups excluding carboxylic acids is 2. The summed E-state index contributed by atoms with van der Waals surface area (Å²) < 4.78 is 37.5. The molecule has 0 aromatic heterocycles. The third-order valence-corrected chi connectivity index (χ3v) is 7.13. The molecule has 1 N–H and O–H groups in total. The predicted molar refractivity (Wildman–Crippen MR) is 119 cm³/mol. The number of hydrogen-bond donors (Lipinski definition) is 1. The lowest BCUT2D eigenvalue weighted by Crippen LogP contribution is -2.34. The third-order valence-electron chi connectivity index (χ3n) is 5.00. The number of nitrogens with zero attached hydrogens (tertiary/aromatic N) is 1. The van der Waals surface area contributed by atoms with E-state index in [0.717, 1.165) is 24.5 Å². The van der Waals surface area contributed by atoms with Crippen molar-refractivity contribution in [1.82, 2.24) is 9.62 Å². The fraction of sp³-hybridized carbons (Fsp3) is 0.364. The van der Waals surface area contributed by atoms with E-state index in [1.165, 1.54) is 23.5 Å². The first-order valence-corrected chi connectivity index (χ1v) is 11.9. The zero-order chi connectivity index (χ0) is 23.1. The Kier molecular flexibility index (Phi) is 8.25. The summed E-state index contributed by atoms with van der Waals surface area (Å²) in [6.45, 7) is 0.676. The molecule has 1 fully saturated rings. The second kappa shape index (κ2) is 10.9. The molecule has 0 radical (unpaired) electrons. The zero-order valence-electron chi connectivity index (χ0n) is 17.6. The van der Waals surface area contributed by atoms with Crippen LogP contribution < -0.4 is 5.32 Å². The lowest BCUT2D eigenvalue weighted by molar-refractivity contribution is -0.124. The molecule has 8 nitrogen and oxygen atoms in total. The first kappa shape index (κ1) is 24.2. The largest absolute Gasteiger partial charge is 0.452 e. The summed E-state index contributed by atoms with van der Waals surface area (Å²) in [4.78, 5) is 24.3. The minimum absolute atomic E-state index is 0.0272. The molecule has 2 aromatic rings. The lowest BCUT2D eigenvalue weighted by atomic mass is 10.2. The van der Waals surface area contributed by atoms with Gasteiger partial charge in [0.05, 0.1) is 21.6 Å². The van der Waals surface area contributed by atoms with Gasteiger partial charge in [0.25, 0.3) is 5.91 Å². The molecular weight excluding hydrogens is 456 g/mol. The number of halogens is 1. The summed E-state index contributed by atoms with van der Waals surface area (Å²) in [7, 11) is -2.43. The van der Waals surface area contributed by atoms with E-state index in [0.29, 0.717) is 13.2 Å². The highest BCUT2D eigenvalue weighted by Crippen LogP contribution is 2.24. The molecule has 0 spiro atoms. The molecule has 1 heterocycles. The van der Waals surface area contributed by atoms with Gasteiger partial charge in [0.15, 0.2) is 6.61 Å². The summed E-state index contributed by atoms with van der Waals surface area (Å²) in [5, 5.41) is 2.67. The van der Waals surface area contributed by atoms with Crippen LogP contribution in [0.5, 0.6) is 0 Å². The van der Waals surface area contributed by atoms with Gasteiger partial charge >= 0.3 is 5.97 Å². The Morgan fingerprint density at radius 2 is 1.97 bits per heavy atom. The van der Waals surface area contributed by atoms with Gasteiger partial charge in [-0.15, -0.1) is 0 Å². The van der Waals surface area contributed by atoms with E-state index in [2.05, 4.69) is 5.32 Å². The first-order valence-electron chi connectivity index (χ1n) is 10.1. The summed E-state index contributed by atoms with van der Waals surface area (Å²) in [5.41, 5.74) is 0.689. The second-order valence-corrected chi connectivity index (χ2v) is 9.86. The molecule has 0 saturated carbocycles. The maximum atomic E-state index is 13.0. The van der Waals surface area contributed by atoms with Gasteiger partial charge in [0, 0.05) is 26.7 Å². The molecule has 1 saturated heterocycles. The summed E-state index contributed by atoms with van der Waals surface area (Å²) >= 11 is 6.09. The number of benzene rings is 2. The molecule has 1 aliphatic heterocycles. The van der Waals surface area contributed by atoms with Gasteiger partial charge in [0.2, 0.25) is 10.0 Å². The molecule has 3 rings (SSSR count). The fourth-order valence-corrected chi connectivity index (χ4v) is 4.60. The number of carbonyl (C=O) groups is 2. The van der Waals surface area contributed by atoms with E-state index >= 15 is 0 Å². The van der Waals surface area contributed by atoms with Crippen molar-refractivity contribution >= 4 is 33.5 Å². The van der Waals surface area contributed by atoms with Crippen molar-refractivity contribution in [3.05, 3.63) is 64.7 Å². The fourth-order valence-electron chi connectivity index (χ4n) is 3.22. The lowest BCUT2D eigenvalue weighted by Gasteiger charge is -2.18. The number of hydrogen-bond acceptors (Lipinski definition) is 6. The average molecular weight is 481 g/mol. The molecule has 0 bridgehead atoms. The predicted octanol–water partition coefficient (Wildman–Crippen LogP) is 2.61. The second-order valence-electron chi connectivity index (χ2n) is 7.40. The number of amides is 1. The molecule has 32 heavy (non-hydrogen) atoms. The Morgan fingerprint density at radius 3 is 2.66 bits per heavy atom. The third kappa shape index (κ3) is 6.29. The van der Waals surface area contributed by atoms with Crippen molar-refractivity contribution in [1.29, 1.82) is 0 Å². The highest BCUT2D eigenvalue weighted by Gasteiger charge is 2.24. The van der Waals surface area contributed by atoms with Crippen molar-refractivity contribution in [2.45, 2.75) is 30.4 Å². The number of esters is 1. The van der Waals surface area contributed by atoms with Crippen LogP contribution in [0.25, 0.3) is 0 Å². The van der Waals surface area contributed by atoms with E-state index in [1.807, 2.05) is 30.3 Å². The van der Waals surface area contributed by atoms with Crippen molar-refractivity contribution in [3.63, 3.8) is 0 Å². The van der Waals surface area contributed by atoms with E-state index in [4.69, 9.17) is 21.1 Å².